The first-order valence-electron chi connectivity index (χ1n) is 9.62. The van der Waals surface area contributed by atoms with Crippen molar-refractivity contribution in [1.82, 2.24) is 10.7 Å². The molecule has 31 heavy (non-hydrogen) atoms. The Hall–Kier alpha value is -4.20. The molecular formula is C23H19N3O5. The minimum absolute atomic E-state index is 0.152. The summed E-state index contributed by atoms with van der Waals surface area (Å²) in [6, 6.07) is 19.1. The Kier molecular flexibility index (Phi) is 5.61. The van der Waals surface area contributed by atoms with E-state index in [4.69, 9.17) is 9.52 Å². The third kappa shape index (κ3) is 4.37. The van der Waals surface area contributed by atoms with Gasteiger partial charge in [0.2, 0.25) is 5.91 Å². The molecule has 2 heterocycles. The highest BCUT2D eigenvalue weighted by Crippen LogP contribution is 2.29. The molecule has 1 aliphatic heterocycles. The second-order valence-corrected chi connectivity index (χ2v) is 7.06. The normalized spacial score (nSPS) is 18.1. The van der Waals surface area contributed by atoms with Crippen molar-refractivity contribution < 1.29 is 23.9 Å². The summed E-state index contributed by atoms with van der Waals surface area (Å²) >= 11 is 0. The first kappa shape index (κ1) is 20.1. The number of aromatic carboxylic acids is 1. The SMILES string of the molecule is O=C(O)c1cccc(-c2ccc(/C=N/NC(=O)[C@@H]3C(=O)NC[C@H]3c3ccccc3)o2)c1. The van der Waals surface area contributed by atoms with Crippen molar-refractivity contribution >= 4 is 24.0 Å². The maximum Gasteiger partial charge on any atom is 0.335 e. The number of benzene rings is 2. The van der Waals surface area contributed by atoms with E-state index in [1.54, 1.807) is 24.3 Å². The Morgan fingerprint density at radius 2 is 1.90 bits per heavy atom. The third-order valence-corrected chi connectivity index (χ3v) is 5.08. The van der Waals surface area contributed by atoms with Gasteiger partial charge >= 0.3 is 5.97 Å². The van der Waals surface area contributed by atoms with E-state index in [2.05, 4.69) is 15.8 Å². The van der Waals surface area contributed by atoms with Gasteiger partial charge in [0.25, 0.3) is 5.91 Å². The second-order valence-electron chi connectivity index (χ2n) is 7.06. The molecule has 2 aromatic carbocycles. The minimum Gasteiger partial charge on any atom is -0.478 e. The Balaban J connectivity index is 1.43. The predicted molar refractivity (Wildman–Crippen MR) is 113 cm³/mol. The van der Waals surface area contributed by atoms with Gasteiger partial charge in [-0.15, -0.1) is 0 Å². The van der Waals surface area contributed by atoms with Crippen LogP contribution in [0.15, 0.2) is 76.2 Å². The van der Waals surface area contributed by atoms with Crippen molar-refractivity contribution in [2.75, 3.05) is 6.54 Å². The van der Waals surface area contributed by atoms with Crippen LogP contribution in [0.5, 0.6) is 0 Å². The van der Waals surface area contributed by atoms with Crippen LogP contribution in [0.2, 0.25) is 0 Å². The number of hydrogen-bond acceptors (Lipinski definition) is 5. The van der Waals surface area contributed by atoms with E-state index in [9.17, 15) is 14.4 Å². The van der Waals surface area contributed by atoms with E-state index in [-0.39, 0.29) is 17.4 Å². The van der Waals surface area contributed by atoms with Crippen molar-refractivity contribution in [3.05, 3.63) is 83.6 Å². The van der Waals surface area contributed by atoms with E-state index in [1.165, 1.54) is 18.3 Å². The summed E-state index contributed by atoms with van der Waals surface area (Å²) in [4.78, 5) is 35.9. The summed E-state index contributed by atoms with van der Waals surface area (Å²) in [6.45, 7) is 0.390. The molecule has 1 fully saturated rings. The van der Waals surface area contributed by atoms with Crippen LogP contribution >= 0.6 is 0 Å². The lowest BCUT2D eigenvalue weighted by Crippen LogP contribution is -2.34. The lowest BCUT2D eigenvalue weighted by molar-refractivity contribution is -0.133. The van der Waals surface area contributed by atoms with Crippen molar-refractivity contribution in [3.8, 4) is 11.3 Å². The van der Waals surface area contributed by atoms with Crippen LogP contribution in [-0.4, -0.2) is 35.6 Å². The first-order valence-corrected chi connectivity index (χ1v) is 9.62. The van der Waals surface area contributed by atoms with Gasteiger partial charge in [0, 0.05) is 18.0 Å². The largest absolute Gasteiger partial charge is 0.478 e. The van der Waals surface area contributed by atoms with Crippen LogP contribution in [0.25, 0.3) is 11.3 Å². The Bertz CT molecular complexity index is 1150. The van der Waals surface area contributed by atoms with Crippen LogP contribution in [0.1, 0.15) is 27.6 Å². The van der Waals surface area contributed by atoms with Crippen molar-refractivity contribution in [2.45, 2.75) is 5.92 Å². The average Bonchev–Trinajstić information content (AvgIpc) is 3.41. The zero-order valence-electron chi connectivity index (χ0n) is 16.3. The average molecular weight is 417 g/mol. The van der Waals surface area contributed by atoms with Crippen LogP contribution in [-0.2, 0) is 9.59 Å². The summed E-state index contributed by atoms with van der Waals surface area (Å²) in [5.41, 5.74) is 4.08. The molecule has 3 aromatic rings. The maximum absolute atomic E-state index is 12.6. The number of nitrogens with zero attached hydrogens (tertiary/aromatic N) is 1. The molecule has 0 radical (unpaired) electrons. The molecule has 4 rings (SSSR count). The van der Waals surface area contributed by atoms with E-state index in [1.807, 2.05) is 30.3 Å². The summed E-state index contributed by atoms with van der Waals surface area (Å²) in [6.07, 6.45) is 1.33. The molecule has 0 bridgehead atoms. The fourth-order valence-corrected chi connectivity index (χ4v) is 3.55. The Labute approximate surface area is 177 Å². The van der Waals surface area contributed by atoms with E-state index < -0.39 is 17.8 Å². The molecule has 1 saturated heterocycles. The van der Waals surface area contributed by atoms with Crippen molar-refractivity contribution in [3.63, 3.8) is 0 Å². The lowest BCUT2D eigenvalue weighted by Gasteiger charge is -2.15. The third-order valence-electron chi connectivity index (χ3n) is 5.08. The zero-order valence-corrected chi connectivity index (χ0v) is 16.3. The highest BCUT2D eigenvalue weighted by molar-refractivity contribution is 6.03. The quantitative estimate of drug-likeness (QED) is 0.323. The molecule has 8 nitrogen and oxygen atoms in total. The summed E-state index contributed by atoms with van der Waals surface area (Å²) in [5, 5.41) is 15.7. The Morgan fingerprint density at radius 1 is 1.10 bits per heavy atom. The standard InChI is InChI=1S/C23H19N3O5/c27-21-20(18(13-24-21)14-5-2-1-3-6-14)22(28)26-25-12-17-9-10-19(31-17)15-7-4-8-16(11-15)23(29)30/h1-12,18,20H,13H2,(H,24,27)(H,26,28)(H,29,30)/b25-12+/t18-,20-/m0/s1. The number of hydrogen-bond donors (Lipinski definition) is 3. The molecule has 2 atom stereocenters. The highest BCUT2D eigenvalue weighted by Gasteiger charge is 2.40. The van der Waals surface area contributed by atoms with E-state index in [0.717, 1.165) is 5.56 Å². The zero-order chi connectivity index (χ0) is 21.8. The molecule has 8 heteroatoms. The van der Waals surface area contributed by atoms with Gasteiger partial charge in [-0.25, -0.2) is 10.2 Å². The first-order chi connectivity index (χ1) is 15.0. The summed E-state index contributed by atoms with van der Waals surface area (Å²) in [5.74, 6) is -2.16. The van der Waals surface area contributed by atoms with Gasteiger partial charge in [-0.1, -0.05) is 42.5 Å². The maximum atomic E-state index is 12.6. The summed E-state index contributed by atoms with van der Waals surface area (Å²) in [7, 11) is 0. The molecular weight excluding hydrogens is 398 g/mol. The number of furan rings is 1. The van der Waals surface area contributed by atoms with E-state index >= 15 is 0 Å². The smallest absolute Gasteiger partial charge is 0.335 e. The predicted octanol–water partition coefficient (Wildman–Crippen LogP) is 2.62. The number of carbonyl (C=O) groups is 3. The van der Waals surface area contributed by atoms with Crippen LogP contribution < -0.4 is 10.7 Å². The molecule has 0 unspecified atom stereocenters. The molecule has 0 aliphatic carbocycles. The number of nitrogens with one attached hydrogen (secondary N) is 2. The molecule has 1 aromatic heterocycles. The van der Waals surface area contributed by atoms with Gasteiger partial charge < -0.3 is 14.8 Å². The number of carboxylic acids is 1. The number of carboxylic acid groups (broad SMARTS) is 1. The lowest BCUT2D eigenvalue weighted by atomic mass is 9.88. The highest BCUT2D eigenvalue weighted by atomic mass is 16.4. The van der Waals surface area contributed by atoms with Gasteiger partial charge in [-0.3, -0.25) is 9.59 Å². The van der Waals surface area contributed by atoms with E-state index in [0.29, 0.717) is 23.6 Å². The topological polar surface area (TPSA) is 121 Å². The number of carbonyl (C=O) groups excluding carboxylic acids is 2. The second kappa shape index (κ2) is 8.66. The monoisotopic (exact) mass is 417 g/mol. The van der Waals surface area contributed by atoms with Crippen LogP contribution in [0.4, 0.5) is 0 Å². The fourth-order valence-electron chi connectivity index (χ4n) is 3.55. The molecule has 2 amide bonds. The fraction of sp³-hybridized carbons (Fsp3) is 0.130. The van der Waals surface area contributed by atoms with Gasteiger partial charge in [0.1, 0.15) is 17.4 Å². The molecule has 3 N–H and O–H groups in total. The number of amides is 2. The summed E-state index contributed by atoms with van der Waals surface area (Å²) < 4.78 is 5.65. The van der Waals surface area contributed by atoms with Gasteiger partial charge in [0.15, 0.2) is 0 Å². The van der Waals surface area contributed by atoms with Crippen molar-refractivity contribution in [1.29, 1.82) is 0 Å². The van der Waals surface area contributed by atoms with Crippen LogP contribution in [0, 0.1) is 5.92 Å². The number of rotatable bonds is 6. The number of hydrazone groups is 1. The molecule has 0 spiro atoms. The van der Waals surface area contributed by atoms with Gasteiger partial charge in [-0.2, -0.15) is 5.10 Å². The van der Waals surface area contributed by atoms with Crippen LogP contribution in [0.3, 0.4) is 0 Å². The van der Waals surface area contributed by atoms with Gasteiger partial charge in [-0.05, 0) is 29.8 Å². The molecule has 156 valence electrons. The minimum atomic E-state index is -1.03. The van der Waals surface area contributed by atoms with Crippen molar-refractivity contribution in [2.24, 2.45) is 11.0 Å². The van der Waals surface area contributed by atoms with Gasteiger partial charge in [0.05, 0.1) is 11.8 Å². The Morgan fingerprint density at radius 3 is 2.68 bits per heavy atom. The molecule has 1 aliphatic rings. The molecule has 0 saturated carbocycles.